The molecule has 1 amide bonds. The monoisotopic (exact) mass is 427 g/mol. The number of likely N-dealkylation sites (tertiary alicyclic amines) is 2. The van der Waals surface area contributed by atoms with Crippen LogP contribution in [0.25, 0.3) is 11.1 Å². The Morgan fingerprint density at radius 3 is 2.13 bits per heavy atom. The lowest BCUT2D eigenvalue weighted by Crippen LogP contribution is -2.42. The Bertz CT molecular complexity index is 981. The van der Waals surface area contributed by atoms with Crippen LogP contribution in [-0.2, 0) is 10.0 Å². The Balaban J connectivity index is 1.45. The zero-order valence-electron chi connectivity index (χ0n) is 17.4. The number of rotatable bonds is 6. The lowest BCUT2D eigenvalue weighted by molar-refractivity contribution is 0.0709. The summed E-state index contributed by atoms with van der Waals surface area (Å²) in [5, 5.41) is 0. The molecular weight excluding hydrogens is 398 g/mol. The van der Waals surface area contributed by atoms with Crippen molar-refractivity contribution < 1.29 is 13.2 Å². The van der Waals surface area contributed by atoms with Gasteiger partial charge in [0.05, 0.1) is 4.90 Å². The van der Waals surface area contributed by atoms with E-state index in [-0.39, 0.29) is 10.8 Å². The van der Waals surface area contributed by atoms with E-state index in [4.69, 9.17) is 0 Å². The number of amides is 1. The van der Waals surface area contributed by atoms with Crippen LogP contribution in [0, 0.1) is 0 Å². The van der Waals surface area contributed by atoms with Crippen molar-refractivity contribution in [1.29, 1.82) is 0 Å². The van der Waals surface area contributed by atoms with E-state index in [0.29, 0.717) is 11.6 Å². The Kier molecular flexibility index (Phi) is 6.22. The SMILES string of the molecule is CNS(=O)(=O)c1ccc(-c2ccc(C(=O)N3CCC[C@H]3CN3CCCC3)cc2)cc1. The lowest BCUT2D eigenvalue weighted by atomic mass is 10.0. The van der Waals surface area contributed by atoms with Crippen molar-refractivity contribution in [3.05, 3.63) is 54.1 Å². The Morgan fingerprint density at radius 2 is 1.53 bits per heavy atom. The molecule has 0 aliphatic carbocycles. The second-order valence-electron chi connectivity index (χ2n) is 8.11. The van der Waals surface area contributed by atoms with Gasteiger partial charge in [0.25, 0.3) is 5.91 Å². The van der Waals surface area contributed by atoms with Gasteiger partial charge in [-0.1, -0.05) is 24.3 Å². The molecule has 6 nitrogen and oxygen atoms in total. The van der Waals surface area contributed by atoms with E-state index >= 15 is 0 Å². The summed E-state index contributed by atoms with van der Waals surface area (Å²) in [6.07, 6.45) is 4.69. The molecule has 1 N–H and O–H groups in total. The van der Waals surface area contributed by atoms with E-state index < -0.39 is 10.0 Å². The Morgan fingerprint density at radius 1 is 0.933 bits per heavy atom. The topological polar surface area (TPSA) is 69.7 Å². The molecule has 2 aliphatic heterocycles. The average Bonchev–Trinajstić information content (AvgIpc) is 3.46. The summed E-state index contributed by atoms with van der Waals surface area (Å²) in [4.78, 5) is 17.9. The second kappa shape index (κ2) is 8.88. The molecule has 2 aromatic carbocycles. The first kappa shape index (κ1) is 21.0. The minimum Gasteiger partial charge on any atom is -0.334 e. The maximum absolute atomic E-state index is 13.1. The molecule has 2 fully saturated rings. The van der Waals surface area contributed by atoms with Crippen molar-refractivity contribution >= 4 is 15.9 Å². The van der Waals surface area contributed by atoms with Crippen LogP contribution in [0.4, 0.5) is 0 Å². The van der Waals surface area contributed by atoms with Crippen LogP contribution >= 0.6 is 0 Å². The minimum absolute atomic E-state index is 0.110. The molecule has 0 unspecified atom stereocenters. The molecule has 4 rings (SSSR count). The van der Waals surface area contributed by atoms with Gasteiger partial charge in [-0.2, -0.15) is 0 Å². The molecule has 1 atom stereocenters. The Hall–Kier alpha value is -2.22. The fourth-order valence-corrected chi connectivity index (χ4v) is 5.20. The van der Waals surface area contributed by atoms with Crippen LogP contribution in [0.3, 0.4) is 0 Å². The van der Waals surface area contributed by atoms with Crippen molar-refractivity contribution in [2.75, 3.05) is 33.2 Å². The summed E-state index contributed by atoms with van der Waals surface area (Å²) < 4.78 is 26.1. The lowest BCUT2D eigenvalue weighted by Gasteiger charge is -2.28. The number of carbonyl (C=O) groups excluding carboxylic acids is 1. The zero-order valence-corrected chi connectivity index (χ0v) is 18.2. The van der Waals surface area contributed by atoms with Crippen molar-refractivity contribution in [3.63, 3.8) is 0 Å². The van der Waals surface area contributed by atoms with E-state index in [2.05, 4.69) is 9.62 Å². The number of sulfonamides is 1. The first-order valence-electron chi connectivity index (χ1n) is 10.7. The predicted molar refractivity (Wildman–Crippen MR) is 118 cm³/mol. The maximum Gasteiger partial charge on any atom is 0.254 e. The van der Waals surface area contributed by atoms with E-state index in [0.717, 1.165) is 50.1 Å². The van der Waals surface area contributed by atoms with Gasteiger partial charge in [-0.15, -0.1) is 0 Å². The average molecular weight is 428 g/mol. The summed E-state index contributed by atoms with van der Waals surface area (Å²) in [5.41, 5.74) is 2.58. The van der Waals surface area contributed by atoms with Crippen molar-refractivity contribution in [2.45, 2.75) is 36.6 Å². The highest BCUT2D eigenvalue weighted by Crippen LogP contribution is 2.25. The van der Waals surface area contributed by atoms with Crippen LogP contribution in [0.5, 0.6) is 0 Å². The molecule has 0 aromatic heterocycles. The summed E-state index contributed by atoms with van der Waals surface area (Å²) in [6, 6.07) is 14.7. The second-order valence-corrected chi connectivity index (χ2v) is 10.00. The van der Waals surface area contributed by atoms with Gasteiger partial charge in [-0.05, 0) is 81.2 Å². The third-order valence-electron chi connectivity index (χ3n) is 6.20. The maximum atomic E-state index is 13.1. The van der Waals surface area contributed by atoms with Gasteiger partial charge in [0.1, 0.15) is 0 Å². The summed E-state index contributed by atoms with van der Waals surface area (Å²) in [5.74, 6) is 0.110. The molecule has 2 heterocycles. The fraction of sp³-hybridized carbons (Fsp3) is 0.435. The van der Waals surface area contributed by atoms with Gasteiger partial charge in [0.15, 0.2) is 0 Å². The number of carbonyl (C=O) groups is 1. The first-order valence-corrected chi connectivity index (χ1v) is 12.1. The smallest absolute Gasteiger partial charge is 0.254 e. The van der Waals surface area contributed by atoms with Crippen LogP contribution < -0.4 is 4.72 Å². The van der Waals surface area contributed by atoms with E-state index in [1.165, 1.54) is 19.9 Å². The Labute approximate surface area is 178 Å². The fourth-order valence-electron chi connectivity index (χ4n) is 4.47. The van der Waals surface area contributed by atoms with Gasteiger partial charge in [-0.3, -0.25) is 4.79 Å². The van der Waals surface area contributed by atoms with Crippen LogP contribution in [-0.4, -0.2) is 63.4 Å². The van der Waals surface area contributed by atoms with Crippen LogP contribution in [0.2, 0.25) is 0 Å². The minimum atomic E-state index is -3.44. The zero-order chi connectivity index (χ0) is 21.1. The first-order chi connectivity index (χ1) is 14.5. The van der Waals surface area contributed by atoms with Crippen molar-refractivity contribution in [3.8, 4) is 11.1 Å². The van der Waals surface area contributed by atoms with E-state index in [1.807, 2.05) is 29.2 Å². The molecule has 0 saturated carbocycles. The van der Waals surface area contributed by atoms with Gasteiger partial charge in [-0.25, -0.2) is 13.1 Å². The number of hydrogen-bond acceptors (Lipinski definition) is 4. The predicted octanol–water partition coefficient (Wildman–Crippen LogP) is 2.96. The summed E-state index contributed by atoms with van der Waals surface area (Å²) in [7, 11) is -2.04. The third-order valence-corrected chi connectivity index (χ3v) is 7.63. The van der Waals surface area contributed by atoms with Gasteiger partial charge < -0.3 is 9.80 Å². The molecule has 0 bridgehead atoms. The molecular formula is C23H29N3O3S. The van der Waals surface area contributed by atoms with Crippen LogP contribution in [0.15, 0.2) is 53.4 Å². The third kappa shape index (κ3) is 4.43. The van der Waals surface area contributed by atoms with Crippen molar-refractivity contribution in [1.82, 2.24) is 14.5 Å². The van der Waals surface area contributed by atoms with Gasteiger partial charge in [0.2, 0.25) is 10.0 Å². The quantitative estimate of drug-likeness (QED) is 0.770. The van der Waals surface area contributed by atoms with Gasteiger partial charge in [0, 0.05) is 24.7 Å². The molecule has 2 aliphatic rings. The molecule has 0 radical (unpaired) electrons. The molecule has 0 spiro atoms. The van der Waals surface area contributed by atoms with E-state index in [9.17, 15) is 13.2 Å². The van der Waals surface area contributed by atoms with Crippen LogP contribution in [0.1, 0.15) is 36.0 Å². The number of benzene rings is 2. The normalized spacial score (nSPS) is 20.0. The van der Waals surface area contributed by atoms with Gasteiger partial charge >= 0.3 is 0 Å². The largest absolute Gasteiger partial charge is 0.334 e. The molecule has 7 heteroatoms. The standard InChI is InChI=1S/C23H29N3O3S/c1-24-30(28,29)22-12-10-19(11-13-22)18-6-8-20(9-7-18)23(27)26-16-4-5-21(26)17-25-14-2-3-15-25/h6-13,21,24H,2-5,14-17H2,1H3/t21-/m0/s1. The highest BCUT2D eigenvalue weighted by Gasteiger charge is 2.31. The molecule has 2 saturated heterocycles. The molecule has 2 aromatic rings. The molecule has 160 valence electrons. The highest BCUT2D eigenvalue weighted by molar-refractivity contribution is 7.89. The summed E-state index contributed by atoms with van der Waals surface area (Å²) in [6.45, 7) is 4.13. The number of hydrogen-bond donors (Lipinski definition) is 1. The summed E-state index contributed by atoms with van der Waals surface area (Å²) >= 11 is 0. The highest BCUT2D eigenvalue weighted by atomic mass is 32.2. The van der Waals surface area contributed by atoms with E-state index in [1.54, 1.807) is 24.3 Å². The number of nitrogens with one attached hydrogen (secondary N) is 1. The van der Waals surface area contributed by atoms with Crippen molar-refractivity contribution in [2.24, 2.45) is 0 Å². The number of nitrogens with zero attached hydrogens (tertiary/aromatic N) is 2. The molecule has 30 heavy (non-hydrogen) atoms.